The molecule has 0 unspecified atom stereocenters. The lowest BCUT2D eigenvalue weighted by atomic mass is 9.97. The summed E-state index contributed by atoms with van der Waals surface area (Å²) in [4.78, 5) is 25.9. The van der Waals surface area contributed by atoms with Gasteiger partial charge in [-0.1, -0.05) is 158 Å². The van der Waals surface area contributed by atoms with Crippen LogP contribution in [-0.4, -0.2) is 29.5 Å². The van der Waals surface area contributed by atoms with Gasteiger partial charge < -0.3 is 4.57 Å². The van der Waals surface area contributed by atoms with Gasteiger partial charge in [0.05, 0.1) is 51.4 Å². The molecular formula is C57H34N8. The normalized spacial score (nSPS) is 11.0. The van der Waals surface area contributed by atoms with E-state index in [1.807, 2.05) is 127 Å². The third-order valence-electron chi connectivity index (χ3n) is 11.6. The van der Waals surface area contributed by atoms with E-state index in [-0.39, 0.29) is 0 Å². The molecule has 0 fully saturated rings. The van der Waals surface area contributed by atoms with E-state index in [1.54, 1.807) is 12.1 Å². The molecular weight excluding hydrogens is 797 g/mol. The van der Waals surface area contributed by atoms with Gasteiger partial charge in [0, 0.05) is 44.2 Å². The van der Waals surface area contributed by atoms with E-state index in [0.29, 0.717) is 34.4 Å². The van der Waals surface area contributed by atoms with Crippen molar-refractivity contribution in [2.24, 2.45) is 0 Å². The summed E-state index contributed by atoms with van der Waals surface area (Å²) in [5, 5.41) is 21.9. The molecule has 8 heteroatoms. The molecule has 0 saturated carbocycles. The molecule has 0 spiro atoms. The lowest BCUT2D eigenvalue weighted by Crippen LogP contribution is -2.04. The average Bonchev–Trinajstić information content (AvgIpc) is 3.72. The summed E-state index contributed by atoms with van der Waals surface area (Å²) in [7, 11) is 0. The lowest BCUT2D eigenvalue weighted by molar-refractivity contribution is 1.07. The van der Waals surface area contributed by atoms with Crippen LogP contribution in [0, 0.1) is 22.7 Å². The van der Waals surface area contributed by atoms with Gasteiger partial charge in [0.15, 0.2) is 23.3 Å². The molecule has 0 radical (unpaired) electrons. The minimum absolute atomic E-state index is 0.428. The van der Waals surface area contributed by atoms with Crippen LogP contribution in [0.2, 0.25) is 0 Å². The second kappa shape index (κ2) is 16.5. The first kappa shape index (κ1) is 38.5. The SMILES string of the molecule is N#Cc1ccc(-c2ccc3c4ccccc4n(-c4ccc(-c5nc(-c6ccccc6)nc(-c6ccccc6)n5)cc4-c4nc(-c5ccccc5)cc(-c5ccccc5)n4)c3c2)c(C#N)c1. The van der Waals surface area contributed by atoms with Crippen LogP contribution in [0.25, 0.3) is 107 Å². The highest BCUT2D eigenvalue weighted by Gasteiger charge is 2.22. The Bertz CT molecular complexity index is 3550. The largest absolute Gasteiger partial charge is 0.308 e. The highest BCUT2D eigenvalue weighted by molar-refractivity contribution is 6.11. The Labute approximate surface area is 374 Å². The van der Waals surface area contributed by atoms with Crippen molar-refractivity contribution < 1.29 is 0 Å². The number of rotatable bonds is 8. The average molecular weight is 831 g/mol. The second-order valence-corrected chi connectivity index (χ2v) is 15.5. The molecule has 8 aromatic carbocycles. The Balaban J connectivity index is 1.21. The zero-order chi connectivity index (χ0) is 43.7. The van der Waals surface area contributed by atoms with Gasteiger partial charge in [-0.15, -0.1) is 0 Å². The van der Waals surface area contributed by atoms with E-state index < -0.39 is 0 Å². The van der Waals surface area contributed by atoms with Gasteiger partial charge in [0.1, 0.15) is 0 Å². The smallest absolute Gasteiger partial charge is 0.164 e. The van der Waals surface area contributed by atoms with Crippen molar-refractivity contribution in [2.75, 3.05) is 0 Å². The van der Waals surface area contributed by atoms with E-state index in [0.717, 1.165) is 83.4 Å². The summed E-state index contributed by atoms with van der Waals surface area (Å²) < 4.78 is 2.25. The minimum atomic E-state index is 0.428. The number of aromatic nitrogens is 6. The van der Waals surface area contributed by atoms with Crippen molar-refractivity contribution in [2.45, 2.75) is 0 Å². The maximum Gasteiger partial charge on any atom is 0.164 e. The van der Waals surface area contributed by atoms with Crippen molar-refractivity contribution >= 4 is 21.8 Å². The summed E-state index contributed by atoms with van der Waals surface area (Å²) in [6.07, 6.45) is 0. The molecule has 302 valence electrons. The molecule has 3 aromatic heterocycles. The Kier molecular flexibility index (Phi) is 9.78. The van der Waals surface area contributed by atoms with Crippen LogP contribution in [0.5, 0.6) is 0 Å². The van der Waals surface area contributed by atoms with Gasteiger partial charge in [-0.3, -0.25) is 0 Å². The molecule has 0 amide bonds. The fourth-order valence-corrected chi connectivity index (χ4v) is 8.42. The second-order valence-electron chi connectivity index (χ2n) is 15.5. The number of benzene rings is 8. The first-order valence-corrected chi connectivity index (χ1v) is 21.1. The molecule has 11 rings (SSSR count). The predicted molar refractivity (Wildman–Crippen MR) is 257 cm³/mol. The molecule has 0 saturated heterocycles. The van der Waals surface area contributed by atoms with Gasteiger partial charge in [0.2, 0.25) is 0 Å². The third-order valence-corrected chi connectivity index (χ3v) is 11.6. The standard InChI is InChI=1S/C57H34N8/c58-35-37-25-28-45(44(31-37)36-59)42-26-29-47-46-23-13-14-24-51(46)65(53(47)33-42)52-30-27-43(56-63-54(40-19-9-3-10-20-40)62-55(64-56)41-21-11-4-12-22-41)32-48(52)57-60-49(38-15-5-1-6-16-38)34-50(61-57)39-17-7-2-8-18-39/h1-34H. The summed E-state index contributed by atoms with van der Waals surface area (Å²) in [6.45, 7) is 0. The van der Waals surface area contributed by atoms with Crippen molar-refractivity contribution in [3.8, 4) is 97.0 Å². The number of nitriles is 2. The molecule has 0 aliphatic heterocycles. The topological polar surface area (TPSA) is 117 Å². The van der Waals surface area contributed by atoms with Crippen molar-refractivity contribution in [3.05, 3.63) is 217 Å². The molecule has 65 heavy (non-hydrogen) atoms. The fraction of sp³-hybridized carbons (Fsp3) is 0. The quantitative estimate of drug-likeness (QED) is 0.150. The highest BCUT2D eigenvalue weighted by atomic mass is 15.0. The number of hydrogen-bond acceptors (Lipinski definition) is 7. The van der Waals surface area contributed by atoms with Gasteiger partial charge in [0.25, 0.3) is 0 Å². The molecule has 0 bridgehead atoms. The molecule has 8 nitrogen and oxygen atoms in total. The maximum atomic E-state index is 10.2. The monoisotopic (exact) mass is 830 g/mol. The lowest BCUT2D eigenvalue weighted by Gasteiger charge is -2.17. The predicted octanol–water partition coefficient (Wildman–Crippen LogP) is 13.2. The number of fused-ring (bicyclic) bond motifs is 3. The molecule has 0 aliphatic carbocycles. The third kappa shape index (κ3) is 7.23. The highest BCUT2D eigenvalue weighted by Crippen LogP contribution is 2.40. The van der Waals surface area contributed by atoms with Crippen molar-refractivity contribution in [1.82, 2.24) is 29.5 Å². The Morgan fingerprint density at radius 2 is 0.862 bits per heavy atom. The fourth-order valence-electron chi connectivity index (χ4n) is 8.42. The number of hydrogen-bond donors (Lipinski definition) is 0. The van der Waals surface area contributed by atoms with Gasteiger partial charge in [-0.2, -0.15) is 10.5 Å². The zero-order valence-corrected chi connectivity index (χ0v) is 34.7. The Hall–Kier alpha value is -9.37. The van der Waals surface area contributed by atoms with Crippen LogP contribution >= 0.6 is 0 Å². The van der Waals surface area contributed by atoms with Crippen LogP contribution in [0.1, 0.15) is 11.1 Å². The molecule has 0 atom stereocenters. The van der Waals surface area contributed by atoms with Gasteiger partial charge in [-0.05, 0) is 59.7 Å². The molecule has 0 aliphatic rings. The van der Waals surface area contributed by atoms with Crippen LogP contribution in [0.15, 0.2) is 206 Å². The summed E-state index contributed by atoms with van der Waals surface area (Å²) in [6, 6.07) is 72.8. The van der Waals surface area contributed by atoms with E-state index in [1.165, 1.54) is 0 Å². The number of nitrogens with zero attached hydrogens (tertiary/aromatic N) is 8. The van der Waals surface area contributed by atoms with E-state index in [2.05, 4.69) is 83.4 Å². The van der Waals surface area contributed by atoms with E-state index in [4.69, 9.17) is 24.9 Å². The molecule has 0 N–H and O–H groups in total. The van der Waals surface area contributed by atoms with Crippen LogP contribution in [0.3, 0.4) is 0 Å². The van der Waals surface area contributed by atoms with Crippen molar-refractivity contribution in [3.63, 3.8) is 0 Å². The Morgan fingerprint density at radius 3 is 1.45 bits per heavy atom. The first-order chi connectivity index (χ1) is 32.1. The van der Waals surface area contributed by atoms with E-state index >= 15 is 0 Å². The van der Waals surface area contributed by atoms with Gasteiger partial charge >= 0.3 is 0 Å². The van der Waals surface area contributed by atoms with Crippen LogP contribution in [-0.2, 0) is 0 Å². The summed E-state index contributed by atoms with van der Waals surface area (Å²) in [5.74, 6) is 2.14. The minimum Gasteiger partial charge on any atom is -0.308 e. The number of para-hydroxylation sites is 1. The maximum absolute atomic E-state index is 10.2. The summed E-state index contributed by atoms with van der Waals surface area (Å²) in [5.41, 5.74) is 11.9. The zero-order valence-electron chi connectivity index (χ0n) is 34.7. The molecule has 11 aromatic rings. The molecule has 3 heterocycles. The first-order valence-electron chi connectivity index (χ1n) is 21.1. The van der Waals surface area contributed by atoms with Crippen molar-refractivity contribution in [1.29, 1.82) is 10.5 Å². The summed E-state index contributed by atoms with van der Waals surface area (Å²) >= 11 is 0. The van der Waals surface area contributed by atoms with Crippen LogP contribution in [0.4, 0.5) is 0 Å². The Morgan fingerprint density at radius 1 is 0.338 bits per heavy atom. The van der Waals surface area contributed by atoms with Crippen LogP contribution < -0.4 is 0 Å². The van der Waals surface area contributed by atoms with E-state index in [9.17, 15) is 10.5 Å². The van der Waals surface area contributed by atoms with Gasteiger partial charge in [-0.25, -0.2) is 24.9 Å².